The van der Waals surface area contributed by atoms with E-state index in [1.165, 1.54) is 0 Å². The molecule has 21 heavy (non-hydrogen) atoms. The summed E-state index contributed by atoms with van der Waals surface area (Å²) in [7, 11) is -1.42. The van der Waals surface area contributed by atoms with Crippen molar-refractivity contribution in [3.05, 3.63) is 30.0 Å². The zero-order valence-electron chi connectivity index (χ0n) is 11.5. The van der Waals surface area contributed by atoms with Crippen LogP contribution in [0.4, 0.5) is 0 Å². The number of fused-ring (bicyclic) bond motifs is 1. The van der Waals surface area contributed by atoms with Crippen molar-refractivity contribution in [3.63, 3.8) is 0 Å². The molecule has 7 heteroatoms. The average Bonchev–Trinajstić information content (AvgIpc) is 3.01. The van der Waals surface area contributed by atoms with Gasteiger partial charge in [-0.05, 0) is 18.6 Å². The Labute approximate surface area is 122 Å². The van der Waals surface area contributed by atoms with E-state index < -0.39 is 9.84 Å². The summed E-state index contributed by atoms with van der Waals surface area (Å²) < 4.78 is 28.0. The molecule has 1 amide bonds. The van der Waals surface area contributed by atoms with Gasteiger partial charge in [0.2, 0.25) is 0 Å². The van der Waals surface area contributed by atoms with Crippen LogP contribution in [0.2, 0.25) is 0 Å². The van der Waals surface area contributed by atoms with E-state index in [4.69, 9.17) is 4.74 Å². The van der Waals surface area contributed by atoms with Crippen molar-refractivity contribution in [2.75, 3.05) is 18.6 Å². The minimum absolute atomic E-state index is 0.0227. The number of methoxy groups -OCH3 is 1. The Morgan fingerprint density at radius 1 is 1.43 bits per heavy atom. The SMILES string of the molecule is COc1ccc2c(C(=O)NC3CCS(=O)(=O)C3)c[nH]c2c1. The summed E-state index contributed by atoms with van der Waals surface area (Å²) >= 11 is 0. The first-order chi connectivity index (χ1) is 9.98. The van der Waals surface area contributed by atoms with Crippen LogP contribution in [0.3, 0.4) is 0 Å². The summed E-state index contributed by atoms with van der Waals surface area (Å²) in [5, 5.41) is 3.57. The van der Waals surface area contributed by atoms with E-state index in [1.807, 2.05) is 12.1 Å². The fourth-order valence-corrected chi connectivity index (χ4v) is 4.27. The van der Waals surface area contributed by atoms with Gasteiger partial charge in [-0.3, -0.25) is 4.79 Å². The number of nitrogens with one attached hydrogen (secondary N) is 2. The molecular formula is C14H16N2O4S. The summed E-state index contributed by atoms with van der Waals surface area (Å²) in [4.78, 5) is 15.3. The molecule has 0 aliphatic carbocycles. The summed E-state index contributed by atoms with van der Waals surface area (Å²) in [6.07, 6.45) is 2.10. The third kappa shape index (κ3) is 2.73. The van der Waals surface area contributed by atoms with E-state index >= 15 is 0 Å². The van der Waals surface area contributed by atoms with Gasteiger partial charge in [0.1, 0.15) is 5.75 Å². The Bertz CT molecular complexity index is 794. The fourth-order valence-electron chi connectivity index (χ4n) is 2.59. The van der Waals surface area contributed by atoms with Gasteiger partial charge in [0.25, 0.3) is 5.91 Å². The number of hydrogen-bond donors (Lipinski definition) is 2. The van der Waals surface area contributed by atoms with Crippen LogP contribution in [0.25, 0.3) is 10.9 Å². The smallest absolute Gasteiger partial charge is 0.253 e. The van der Waals surface area contributed by atoms with Gasteiger partial charge in [0.05, 0.1) is 24.2 Å². The first-order valence-electron chi connectivity index (χ1n) is 6.65. The maximum absolute atomic E-state index is 12.3. The molecule has 1 aliphatic rings. The van der Waals surface area contributed by atoms with Gasteiger partial charge in [-0.15, -0.1) is 0 Å². The Morgan fingerprint density at radius 3 is 2.90 bits per heavy atom. The molecule has 0 spiro atoms. The predicted octanol–water partition coefficient (Wildman–Crippen LogP) is 1.09. The lowest BCUT2D eigenvalue weighted by molar-refractivity contribution is 0.0943. The van der Waals surface area contributed by atoms with Gasteiger partial charge < -0.3 is 15.0 Å². The molecule has 1 aliphatic heterocycles. The Kier molecular flexibility index (Phi) is 3.36. The van der Waals surface area contributed by atoms with Crippen LogP contribution >= 0.6 is 0 Å². The Balaban J connectivity index is 1.82. The third-order valence-corrected chi connectivity index (χ3v) is 5.47. The monoisotopic (exact) mass is 308 g/mol. The highest BCUT2D eigenvalue weighted by Gasteiger charge is 2.29. The van der Waals surface area contributed by atoms with Crippen molar-refractivity contribution in [2.45, 2.75) is 12.5 Å². The lowest BCUT2D eigenvalue weighted by atomic mass is 10.1. The number of hydrogen-bond acceptors (Lipinski definition) is 4. The molecule has 1 unspecified atom stereocenters. The van der Waals surface area contributed by atoms with E-state index in [0.717, 1.165) is 10.9 Å². The molecule has 0 saturated carbocycles. The summed E-state index contributed by atoms with van der Waals surface area (Å²) in [5.74, 6) is 0.615. The van der Waals surface area contributed by atoms with Gasteiger partial charge in [-0.1, -0.05) is 0 Å². The van der Waals surface area contributed by atoms with Crippen LogP contribution in [-0.4, -0.2) is 44.0 Å². The van der Waals surface area contributed by atoms with Crippen molar-refractivity contribution in [2.24, 2.45) is 0 Å². The third-order valence-electron chi connectivity index (χ3n) is 3.70. The molecule has 1 aromatic carbocycles. The first-order valence-corrected chi connectivity index (χ1v) is 8.47. The number of sulfone groups is 1. The molecule has 112 valence electrons. The zero-order valence-corrected chi connectivity index (χ0v) is 12.4. The van der Waals surface area contributed by atoms with Crippen molar-refractivity contribution in [1.29, 1.82) is 0 Å². The topological polar surface area (TPSA) is 88.3 Å². The minimum Gasteiger partial charge on any atom is -0.497 e. The molecule has 6 nitrogen and oxygen atoms in total. The van der Waals surface area contributed by atoms with E-state index in [-0.39, 0.29) is 23.5 Å². The second kappa shape index (κ2) is 5.07. The summed E-state index contributed by atoms with van der Waals surface area (Å²) in [6, 6.07) is 5.11. The van der Waals surface area contributed by atoms with Crippen LogP contribution in [-0.2, 0) is 9.84 Å². The normalized spacial score (nSPS) is 20.5. The highest BCUT2D eigenvalue weighted by Crippen LogP contribution is 2.23. The van der Waals surface area contributed by atoms with E-state index in [0.29, 0.717) is 17.7 Å². The van der Waals surface area contributed by atoms with Crippen molar-refractivity contribution >= 4 is 26.6 Å². The Morgan fingerprint density at radius 2 is 2.24 bits per heavy atom. The molecule has 2 N–H and O–H groups in total. The van der Waals surface area contributed by atoms with Crippen molar-refractivity contribution in [1.82, 2.24) is 10.3 Å². The molecule has 1 saturated heterocycles. The first kappa shape index (κ1) is 13.9. The van der Waals surface area contributed by atoms with Gasteiger partial charge in [0.15, 0.2) is 9.84 Å². The maximum atomic E-state index is 12.3. The van der Waals surface area contributed by atoms with Crippen molar-refractivity contribution < 1.29 is 17.9 Å². The lowest BCUT2D eigenvalue weighted by Crippen LogP contribution is -2.35. The van der Waals surface area contributed by atoms with Crippen LogP contribution in [0.5, 0.6) is 5.75 Å². The second-order valence-corrected chi connectivity index (χ2v) is 7.42. The van der Waals surface area contributed by atoms with Crippen LogP contribution in [0, 0.1) is 0 Å². The van der Waals surface area contributed by atoms with Gasteiger partial charge in [-0.2, -0.15) is 0 Å². The molecule has 2 aromatic rings. The zero-order chi connectivity index (χ0) is 15.0. The average molecular weight is 308 g/mol. The number of carbonyl (C=O) groups is 1. The van der Waals surface area contributed by atoms with Gasteiger partial charge in [-0.25, -0.2) is 8.42 Å². The fraction of sp³-hybridized carbons (Fsp3) is 0.357. The summed E-state index contributed by atoms with van der Waals surface area (Å²) in [5.41, 5.74) is 1.32. The number of aromatic nitrogens is 1. The van der Waals surface area contributed by atoms with Crippen LogP contribution < -0.4 is 10.1 Å². The standard InChI is InChI=1S/C14H16N2O4S/c1-20-10-2-3-11-12(7-15-13(11)6-10)14(17)16-9-4-5-21(18,19)8-9/h2-3,6-7,9,15H,4-5,8H2,1H3,(H,16,17). The number of H-pyrrole nitrogens is 1. The highest BCUT2D eigenvalue weighted by atomic mass is 32.2. The minimum atomic E-state index is -3.00. The second-order valence-electron chi connectivity index (χ2n) is 5.19. The van der Waals surface area contributed by atoms with E-state index in [1.54, 1.807) is 19.4 Å². The van der Waals surface area contributed by atoms with Gasteiger partial charge in [0, 0.05) is 29.2 Å². The largest absolute Gasteiger partial charge is 0.497 e. The van der Waals surface area contributed by atoms with Crippen molar-refractivity contribution in [3.8, 4) is 5.75 Å². The lowest BCUT2D eigenvalue weighted by Gasteiger charge is -2.10. The molecule has 1 atom stereocenters. The number of aromatic amines is 1. The van der Waals surface area contributed by atoms with E-state index in [2.05, 4.69) is 10.3 Å². The van der Waals surface area contributed by atoms with E-state index in [9.17, 15) is 13.2 Å². The molecule has 3 rings (SSSR count). The molecule has 2 heterocycles. The number of benzene rings is 1. The number of carbonyl (C=O) groups excluding carboxylic acids is 1. The molecular weight excluding hydrogens is 292 g/mol. The molecule has 0 radical (unpaired) electrons. The maximum Gasteiger partial charge on any atom is 0.253 e. The van der Waals surface area contributed by atoms with Crippen LogP contribution in [0.15, 0.2) is 24.4 Å². The van der Waals surface area contributed by atoms with Crippen LogP contribution in [0.1, 0.15) is 16.8 Å². The number of ether oxygens (including phenoxy) is 1. The number of amides is 1. The molecule has 0 bridgehead atoms. The number of rotatable bonds is 3. The highest BCUT2D eigenvalue weighted by molar-refractivity contribution is 7.91. The summed E-state index contributed by atoms with van der Waals surface area (Å²) in [6.45, 7) is 0. The van der Waals surface area contributed by atoms with Gasteiger partial charge >= 0.3 is 0 Å². The molecule has 1 fully saturated rings. The molecule has 1 aromatic heterocycles. The predicted molar refractivity (Wildman–Crippen MR) is 79.4 cm³/mol. The quantitative estimate of drug-likeness (QED) is 0.888. The Hall–Kier alpha value is -2.02.